The molecule has 0 unspecified atom stereocenters. The highest BCUT2D eigenvalue weighted by molar-refractivity contribution is 5.77. The van der Waals surface area contributed by atoms with Crippen LogP contribution in [-0.2, 0) is 11.2 Å². The van der Waals surface area contributed by atoms with E-state index in [9.17, 15) is 4.79 Å². The lowest BCUT2D eigenvalue weighted by atomic mass is 10.0. The summed E-state index contributed by atoms with van der Waals surface area (Å²) in [5.41, 5.74) is 8.73. The SMILES string of the molecule is CC(C)c1cccc(OCC(=O)NCCc2ccc(N)cc2)c1. The molecule has 4 heteroatoms. The molecule has 0 saturated heterocycles. The van der Waals surface area contributed by atoms with E-state index in [2.05, 4.69) is 25.2 Å². The lowest BCUT2D eigenvalue weighted by Gasteiger charge is -2.10. The molecule has 2 aromatic carbocycles. The monoisotopic (exact) mass is 312 g/mol. The molecule has 0 bridgehead atoms. The Morgan fingerprint density at radius 1 is 1.17 bits per heavy atom. The number of hydrogen-bond donors (Lipinski definition) is 2. The van der Waals surface area contributed by atoms with Crippen LogP contribution in [0.1, 0.15) is 30.9 Å². The van der Waals surface area contributed by atoms with Gasteiger partial charge in [0.15, 0.2) is 6.61 Å². The summed E-state index contributed by atoms with van der Waals surface area (Å²) in [6.45, 7) is 4.87. The van der Waals surface area contributed by atoms with Crippen molar-refractivity contribution in [1.82, 2.24) is 5.32 Å². The number of amides is 1. The van der Waals surface area contributed by atoms with Gasteiger partial charge in [0, 0.05) is 12.2 Å². The molecule has 0 aliphatic carbocycles. The van der Waals surface area contributed by atoms with Crippen LogP contribution in [0.2, 0.25) is 0 Å². The van der Waals surface area contributed by atoms with Crippen molar-refractivity contribution < 1.29 is 9.53 Å². The standard InChI is InChI=1S/C19H24N2O2/c1-14(2)16-4-3-5-18(12-16)23-13-19(22)21-11-10-15-6-8-17(20)9-7-15/h3-9,12,14H,10-11,13,20H2,1-2H3,(H,21,22). The van der Waals surface area contributed by atoms with Crippen LogP contribution >= 0.6 is 0 Å². The van der Waals surface area contributed by atoms with Crippen LogP contribution in [0.15, 0.2) is 48.5 Å². The Kier molecular flexibility index (Phi) is 6.03. The van der Waals surface area contributed by atoms with Crippen molar-refractivity contribution in [3.05, 3.63) is 59.7 Å². The van der Waals surface area contributed by atoms with Gasteiger partial charge in [0.25, 0.3) is 5.91 Å². The molecule has 0 aliphatic rings. The Morgan fingerprint density at radius 3 is 2.61 bits per heavy atom. The Hall–Kier alpha value is -2.49. The molecular weight excluding hydrogens is 288 g/mol. The fourth-order valence-corrected chi connectivity index (χ4v) is 2.19. The largest absolute Gasteiger partial charge is 0.484 e. The lowest BCUT2D eigenvalue weighted by molar-refractivity contribution is -0.123. The van der Waals surface area contributed by atoms with Crippen LogP contribution in [0.25, 0.3) is 0 Å². The summed E-state index contributed by atoms with van der Waals surface area (Å²) < 4.78 is 5.55. The summed E-state index contributed by atoms with van der Waals surface area (Å²) in [4.78, 5) is 11.8. The molecule has 0 aromatic heterocycles. The normalized spacial score (nSPS) is 10.6. The summed E-state index contributed by atoms with van der Waals surface area (Å²) in [7, 11) is 0. The van der Waals surface area contributed by atoms with E-state index in [1.807, 2.05) is 42.5 Å². The second kappa shape index (κ2) is 8.22. The summed E-state index contributed by atoms with van der Waals surface area (Å²) in [5, 5.41) is 2.86. The van der Waals surface area contributed by atoms with Crippen molar-refractivity contribution in [2.75, 3.05) is 18.9 Å². The molecule has 1 amide bonds. The van der Waals surface area contributed by atoms with E-state index in [1.165, 1.54) is 5.56 Å². The Bertz CT molecular complexity index is 636. The number of nitrogens with two attached hydrogens (primary N) is 1. The molecule has 23 heavy (non-hydrogen) atoms. The molecule has 4 nitrogen and oxygen atoms in total. The molecule has 0 heterocycles. The highest BCUT2D eigenvalue weighted by Crippen LogP contribution is 2.19. The highest BCUT2D eigenvalue weighted by atomic mass is 16.5. The van der Waals surface area contributed by atoms with E-state index in [0.717, 1.165) is 23.4 Å². The minimum Gasteiger partial charge on any atom is -0.484 e. The number of hydrogen-bond acceptors (Lipinski definition) is 3. The second-order valence-electron chi connectivity index (χ2n) is 5.86. The van der Waals surface area contributed by atoms with Crippen molar-refractivity contribution in [2.45, 2.75) is 26.2 Å². The third kappa shape index (κ3) is 5.66. The van der Waals surface area contributed by atoms with Crippen molar-refractivity contribution in [3.8, 4) is 5.75 Å². The fraction of sp³-hybridized carbons (Fsp3) is 0.316. The van der Waals surface area contributed by atoms with Gasteiger partial charge < -0.3 is 15.8 Å². The van der Waals surface area contributed by atoms with Gasteiger partial charge in [-0.25, -0.2) is 0 Å². The fourth-order valence-electron chi connectivity index (χ4n) is 2.19. The third-order valence-corrected chi connectivity index (χ3v) is 3.61. The molecule has 0 spiro atoms. The highest BCUT2D eigenvalue weighted by Gasteiger charge is 2.05. The molecule has 2 aromatic rings. The summed E-state index contributed by atoms with van der Waals surface area (Å²) in [6, 6.07) is 15.5. The van der Waals surface area contributed by atoms with Crippen molar-refractivity contribution in [2.24, 2.45) is 0 Å². The van der Waals surface area contributed by atoms with Crippen molar-refractivity contribution >= 4 is 11.6 Å². The number of nitrogens with one attached hydrogen (secondary N) is 1. The summed E-state index contributed by atoms with van der Waals surface area (Å²) in [6.07, 6.45) is 0.773. The van der Waals surface area contributed by atoms with E-state index in [1.54, 1.807) is 0 Å². The Morgan fingerprint density at radius 2 is 1.91 bits per heavy atom. The molecule has 0 fully saturated rings. The number of carbonyl (C=O) groups excluding carboxylic acids is 1. The van der Waals surface area contributed by atoms with Crippen LogP contribution in [0.3, 0.4) is 0 Å². The molecule has 0 aliphatic heterocycles. The van der Waals surface area contributed by atoms with E-state index >= 15 is 0 Å². The number of ether oxygens (including phenoxy) is 1. The predicted octanol–water partition coefficient (Wildman–Crippen LogP) is 3.13. The van der Waals surface area contributed by atoms with Crippen molar-refractivity contribution in [1.29, 1.82) is 0 Å². The second-order valence-corrected chi connectivity index (χ2v) is 5.86. The van der Waals surface area contributed by atoms with Gasteiger partial charge in [-0.05, 0) is 47.7 Å². The molecule has 0 radical (unpaired) electrons. The number of rotatable bonds is 7. The first kappa shape index (κ1) is 16.9. The maximum atomic E-state index is 11.8. The topological polar surface area (TPSA) is 64.3 Å². The minimum absolute atomic E-state index is 0.0310. The lowest BCUT2D eigenvalue weighted by Crippen LogP contribution is -2.30. The molecule has 3 N–H and O–H groups in total. The van der Waals surface area contributed by atoms with Crippen LogP contribution in [0, 0.1) is 0 Å². The van der Waals surface area contributed by atoms with Gasteiger partial charge in [0.05, 0.1) is 0 Å². The smallest absolute Gasteiger partial charge is 0.257 e. The van der Waals surface area contributed by atoms with Crippen LogP contribution in [0.5, 0.6) is 5.75 Å². The van der Waals surface area contributed by atoms with Gasteiger partial charge in [-0.3, -0.25) is 4.79 Å². The van der Waals surface area contributed by atoms with Crippen LogP contribution < -0.4 is 15.8 Å². The molecule has 2 rings (SSSR count). The zero-order chi connectivity index (χ0) is 16.7. The number of benzene rings is 2. The minimum atomic E-state index is -0.115. The van der Waals surface area contributed by atoms with Crippen LogP contribution in [-0.4, -0.2) is 19.1 Å². The maximum absolute atomic E-state index is 11.8. The third-order valence-electron chi connectivity index (χ3n) is 3.61. The summed E-state index contributed by atoms with van der Waals surface area (Å²) >= 11 is 0. The summed E-state index contributed by atoms with van der Waals surface area (Å²) in [5.74, 6) is 1.05. The molecule has 0 atom stereocenters. The predicted molar refractivity (Wildman–Crippen MR) is 93.6 cm³/mol. The Labute approximate surface area is 137 Å². The number of carbonyl (C=O) groups is 1. The van der Waals surface area contributed by atoms with Crippen molar-refractivity contribution in [3.63, 3.8) is 0 Å². The van der Waals surface area contributed by atoms with Gasteiger partial charge in [-0.2, -0.15) is 0 Å². The molecule has 122 valence electrons. The first-order chi connectivity index (χ1) is 11.0. The van der Waals surface area contributed by atoms with E-state index in [0.29, 0.717) is 12.5 Å². The molecular formula is C19H24N2O2. The first-order valence-electron chi connectivity index (χ1n) is 7.88. The van der Waals surface area contributed by atoms with E-state index in [4.69, 9.17) is 10.5 Å². The van der Waals surface area contributed by atoms with Crippen LogP contribution in [0.4, 0.5) is 5.69 Å². The van der Waals surface area contributed by atoms with Gasteiger partial charge >= 0.3 is 0 Å². The maximum Gasteiger partial charge on any atom is 0.257 e. The quantitative estimate of drug-likeness (QED) is 0.772. The van der Waals surface area contributed by atoms with Gasteiger partial charge in [0.1, 0.15) is 5.75 Å². The van der Waals surface area contributed by atoms with E-state index < -0.39 is 0 Å². The zero-order valence-corrected chi connectivity index (χ0v) is 13.7. The average Bonchev–Trinajstić information content (AvgIpc) is 2.55. The Balaban J connectivity index is 1.72. The molecule has 0 saturated carbocycles. The average molecular weight is 312 g/mol. The van der Waals surface area contributed by atoms with Gasteiger partial charge in [-0.1, -0.05) is 38.1 Å². The zero-order valence-electron chi connectivity index (χ0n) is 13.7. The van der Waals surface area contributed by atoms with Gasteiger partial charge in [0.2, 0.25) is 0 Å². The van der Waals surface area contributed by atoms with E-state index in [-0.39, 0.29) is 12.5 Å². The first-order valence-corrected chi connectivity index (χ1v) is 7.88. The number of anilines is 1. The number of nitrogen functional groups attached to an aromatic ring is 1. The van der Waals surface area contributed by atoms with Gasteiger partial charge in [-0.15, -0.1) is 0 Å².